The molecule has 4 aliphatic rings. The number of carbonyl (C=O) groups is 2. The second-order valence-electron chi connectivity index (χ2n) is 9.18. The van der Waals surface area contributed by atoms with Crippen LogP contribution < -0.4 is 10.6 Å². The van der Waals surface area contributed by atoms with Gasteiger partial charge in [0.2, 0.25) is 11.8 Å². The fourth-order valence-corrected chi connectivity index (χ4v) is 6.01. The number of hydrogen-bond acceptors (Lipinski definition) is 2. The summed E-state index contributed by atoms with van der Waals surface area (Å²) in [4.78, 5) is 24.9. The first-order chi connectivity index (χ1) is 13.7. The number of halogens is 3. The van der Waals surface area contributed by atoms with Crippen LogP contribution in [0.2, 0.25) is 0 Å². The van der Waals surface area contributed by atoms with Crippen LogP contribution in [0.5, 0.6) is 0 Å². The van der Waals surface area contributed by atoms with Crippen molar-refractivity contribution >= 4 is 11.8 Å². The quantitative estimate of drug-likeness (QED) is 0.754. The highest BCUT2D eigenvalue weighted by atomic mass is 19.4. The maximum Gasteiger partial charge on any atom is 0.416 e. The second-order valence-corrected chi connectivity index (χ2v) is 9.18. The van der Waals surface area contributed by atoms with Gasteiger partial charge in [-0.15, -0.1) is 0 Å². The van der Waals surface area contributed by atoms with Crippen LogP contribution >= 0.6 is 0 Å². The van der Waals surface area contributed by atoms with Gasteiger partial charge in [0, 0.05) is 12.0 Å². The van der Waals surface area contributed by atoms with Gasteiger partial charge in [0.15, 0.2) is 0 Å². The maximum atomic E-state index is 12.8. The molecule has 4 saturated carbocycles. The third-order valence-corrected chi connectivity index (χ3v) is 6.95. The topological polar surface area (TPSA) is 58.2 Å². The Labute approximate surface area is 168 Å². The van der Waals surface area contributed by atoms with Gasteiger partial charge < -0.3 is 10.6 Å². The second kappa shape index (κ2) is 7.65. The predicted octanol–water partition coefficient (Wildman–Crippen LogP) is 3.70. The number of alkyl halides is 3. The van der Waals surface area contributed by atoms with Crippen LogP contribution in [0.4, 0.5) is 13.2 Å². The average Bonchev–Trinajstić information content (AvgIpc) is 2.64. The highest BCUT2D eigenvalue weighted by Gasteiger charge is 2.54. The maximum absolute atomic E-state index is 12.8. The molecule has 2 N–H and O–H groups in total. The molecule has 0 aromatic heterocycles. The lowest BCUT2D eigenvalue weighted by molar-refractivity contribution is -0.147. The largest absolute Gasteiger partial charge is 0.416 e. The van der Waals surface area contributed by atoms with Crippen molar-refractivity contribution in [2.45, 2.75) is 51.1 Å². The van der Waals surface area contributed by atoms with Crippen LogP contribution in [-0.4, -0.2) is 24.9 Å². The number of nitrogens with one attached hydrogen (secondary N) is 2. The first-order valence-corrected chi connectivity index (χ1v) is 10.4. The molecule has 4 aliphatic carbocycles. The Bertz CT molecular complexity index is 738. The van der Waals surface area contributed by atoms with Crippen LogP contribution in [0, 0.1) is 23.2 Å². The first kappa shape index (κ1) is 20.2. The molecule has 0 saturated heterocycles. The molecule has 0 aliphatic heterocycles. The van der Waals surface area contributed by atoms with Crippen molar-refractivity contribution in [2.75, 3.05) is 13.1 Å². The van der Waals surface area contributed by atoms with E-state index in [1.807, 2.05) is 0 Å². The Kier molecular flexibility index (Phi) is 5.34. The van der Waals surface area contributed by atoms with E-state index >= 15 is 0 Å². The monoisotopic (exact) mass is 408 g/mol. The van der Waals surface area contributed by atoms with Crippen LogP contribution in [0.1, 0.15) is 49.7 Å². The van der Waals surface area contributed by atoms with Crippen LogP contribution in [0.15, 0.2) is 24.3 Å². The summed E-state index contributed by atoms with van der Waals surface area (Å²) in [5, 5.41) is 5.57. The zero-order valence-corrected chi connectivity index (χ0v) is 16.4. The van der Waals surface area contributed by atoms with Crippen molar-refractivity contribution in [3.8, 4) is 0 Å². The average molecular weight is 408 g/mol. The van der Waals surface area contributed by atoms with Gasteiger partial charge in [0.25, 0.3) is 0 Å². The van der Waals surface area contributed by atoms with E-state index < -0.39 is 11.7 Å². The van der Waals surface area contributed by atoms with Gasteiger partial charge in [-0.2, -0.15) is 13.2 Å². The zero-order chi connectivity index (χ0) is 20.6. The molecule has 4 nitrogen and oxygen atoms in total. The molecule has 2 amide bonds. The number of hydrogen-bond donors (Lipinski definition) is 2. The molecule has 1 aromatic carbocycles. The van der Waals surface area contributed by atoms with E-state index in [-0.39, 0.29) is 23.8 Å². The fraction of sp³-hybridized carbons (Fsp3) is 0.636. The van der Waals surface area contributed by atoms with Crippen LogP contribution in [0.25, 0.3) is 0 Å². The molecule has 4 fully saturated rings. The summed E-state index contributed by atoms with van der Waals surface area (Å²) in [5.41, 5.74) is -0.233. The first-order valence-electron chi connectivity index (χ1n) is 10.4. The van der Waals surface area contributed by atoms with Crippen LogP contribution in [0.3, 0.4) is 0 Å². The summed E-state index contributed by atoms with van der Waals surface area (Å²) >= 11 is 0. The Hall–Kier alpha value is -2.05. The van der Waals surface area contributed by atoms with Gasteiger partial charge in [0.05, 0.1) is 12.1 Å². The smallest absolute Gasteiger partial charge is 0.354 e. The summed E-state index contributed by atoms with van der Waals surface area (Å²) in [7, 11) is 0. The predicted molar refractivity (Wildman–Crippen MR) is 102 cm³/mol. The van der Waals surface area contributed by atoms with Crippen molar-refractivity contribution in [1.29, 1.82) is 0 Å². The minimum absolute atomic E-state index is 0.0227. The number of rotatable bonds is 6. The van der Waals surface area contributed by atoms with Gasteiger partial charge in [0.1, 0.15) is 0 Å². The number of carbonyl (C=O) groups excluding carboxylic acids is 2. The molecule has 0 radical (unpaired) electrons. The molecule has 0 heterocycles. The van der Waals surface area contributed by atoms with Gasteiger partial charge in [-0.1, -0.05) is 12.1 Å². The molecule has 5 rings (SSSR count). The van der Waals surface area contributed by atoms with Gasteiger partial charge >= 0.3 is 6.18 Å². The summed E-state index contributed by atoms with van der Waals surface area (Å²) in [6, 6.07) is 4.93. The lowest BCUT2D eigenvalue weighted by atomic mass is 9.49. The lowest BCUT2D eigenvalue weighted by Crippen LogP contribution is -2.54. The Balaban J connectivity index is 1.20. The van der Waals surface area contributed by atoms with Crippen molar-refractivity contribution < 1.29 is 22.8 Å². The van der Waals surface area contributed by atoms with Crippen molar-refractivity contribution in [2.24, 2.45) is 23.2 Å². The van der Waals surface area contributed by atoms with E-state index in [1.54, 1.807) is 0 Å². The minimum Gasteiger partial charge on any atom is -0.354 e. The Morgan fingerprint density at radius 2 is 1.48 bits per heavy atom. The zero-order valence-electron chi connectivity index (χ0n) is 16.4. The Morgan fingerprint density at radius 1 is 0.931 bits per heavy atom. The Morgan fingerprint density at radius 3 is 2.00 bits per heavy atom. The van der Waals surface area contributed by atoms with E-state index in [4.69, 9.17) is 0 Å². The van der Waals surface area contributed by atoms with Crippen molar-refractivity contribution in [3.63, 3.8) is 0 Å². The molecule has 7 heteroatoms. The molecular formula is C22H27F3N2O2. The van der Waals surface area contributed by atoms with E-state index in [9.17, 15) is 22.8 Å². The molecule has 0 spiro atoms. The van der Waals surface area contributed by atoms with Gasteiger partial charge in [-0.3, -0.25) is 9.59 Å². The SMILES string of the molecule is O=C(CNC(=O)C12CC3CC(CC(C3)C1)C2)NCCc1ccc(C(F)(F)F)cc1. The van der Waals surface area contributed by atoms with Crippen molar-refractivity contribution in [1.82, 2.24) is 10.6 Å². The van der Waals surface area contributed by atoms with E-state index in [0.29, 0.717) is 30.7 Å². The third kappa shape index (κ3) is 4.43. The molecule has 158 valence electrons. The molecule has 29 heavy (non-hydrogen) atoms. The van der Waals surface area contributed by atoms with Crippen molar-refractivity contribution in [3.05, 3.63) is 35.4 Å². The summed E-state index contributed by atoms with van der Waals surface area (Å²) in [5.74, 6) is 1.77. The number of amides is 2. The van der Waals surface area contributed by atoms with E-state index in [2.05, 4.69) is 10.6 Å². The van der Waals surface area contributed by atoms with E-state index in [0.717, 1.165) is 37.0 Å². The highest BCUT2D eigenvalue weighted by Crippen LogP contribution is 2.60. The summed E-state index contributed by atoms with van der Waals surface area (Å²) < 4.78 is 37.7. The molecule has 0 unspecified atom stereocenters. The number of benzene rings is 1. The third-order valence-electron chi connectivity index (χ3n) is 6.95. The molecular weight excluding hydrogens is 381 g/mol. The minimum atomic E-state index is -4.35. The summed E-state index contributed by atoms with van der Waals surface area (Å²) in [6.45, 7) is 0.269. The van der Waals surface area contributed by atoms with E-state index in [1.165, 1.54) is 31.4 Å². The standard InChI is InChI=1S/C22H27F3N2O2/c23-22(24,25)18-3-1-14(2-4-18)5-6-26-19(28)13-27-20(29)21-10-15-7-16(11-21)9-17(8-15)12-21/h1-4,15-17H,5-13H2,(H,26,28)(H,27,29). The normalized spacial score (nSPS) is 30.2. The molecule has 4 bridgehead atoms. The van der Waals surface area contributed by atoms with Crippen LogP contribution in [-0.2, 0) is 22.2 Å². The lowest BCUT2D eigenvalue weighted by Gasteiger charge is -2.55. The highest BCUT2D eigenvalue weighted by molar-refractivity contribution is 5.88. The summed E-state index contributed by atoms with van der Waals surface area (Å²) in [6.07, 6.45) is 2.75. The fourth-order valence-electron chi connectivity index (χ4n) is 6.01. The molecule has 0 atom stereocenters. The van der Waals surface area contributed by atoms with Gasteiger partial charge in [-0.25, -0.2) is 0 Å². The molecule has 1 aromatic rings. The van der Waals surface area contributed by atoms with Gasteiger partial charge in [-0.05, 0) is 80.4 Å².